The minimum atomic E-state index is -0.580. The first-order valence-corrected chi connectivity index (χ1v) is 8.99. The van der Waals surface area contributed by atoms with Crippen LogP contribution in [0.4, 0.5) is 11.6 Å². The number of hydrogen-bond acceptors (Lipinski definition) is 5. The van der Waals surface area contributed by atoms with Gasteiger partial charge in [0.1, 0.15) is 11.3 Å². The molecule has 9 heteroatoms. The second-order valence-corrected chi connectivity index (χ2v) is 7.31. The third-order valence-corrected chi connectivity index (χ3v) is 4.67. The van der Waals surface area contributed by atoms with Gasteiger partial charge in [0.15, 0.2) is 5.11 Å². The fourth-order valence-electron chi connectivity index (χ4n) is 2.38. The molecule has 2 heterocycles. The van der Waals surface area contributed by atoms with E-state index in [1.54, 1.807) is 35.2 Å². The van der Waals surface area contributed by atoms with E-state index >= 15 is 0 Å². The summed E-state index contributed by atoms with van der Waals surface area (Å²) >= 11 is 14.4. The zero-order valence-electron chi connectivity index (χ0n) is 13.7. The molecule has 26 heavy (non-hydrogen) atoms. The van der Waals surface area contributed by atoms with E-state index in [1.165, 1.54) is 11.0 Å². The van der Waals surface area contributed by atoms with Crippen molar-refractivity contribution in [3.63, 3.8) is 0 Å². The van der Waals surface area contributed by atoms with Gasteiger partial charge in [-0.2, -0.15) is 0 Å². The largest absolute Gasteiger partial charge is 0.440 e. The van der Waals surface area contributed by atoms with E-state index in [0.29, 0.717) is 26.8 Å². The maximum Gasteiger partial charge on any atom is 0.270 e. The van der Waals surface area contributed by atoms with E-state index < -0.39 is 11.8 Å². The second kappa shape index (κ2) is 7.22. The molecular weight excluding hydrogens is 442 g/mol. The molecule has 1 aromatic heterocycles. The summed E-state index contributed by atoms with van der Waals surface area (Å²) in [7, 11) is 3.64. The highest BCUT2D eigenvalue weighted by Crippen LogP contribution is 2.31. The number of nitrogens with one attached hydrogen (secondary N) is 1. The van der Waals surface area contributed by atoms with E-state index in [2.05, 4.69) is 21.2 Å². The first kappa shape index (κ1) is 18.6. The summed E-state index contributed by atoms with van der Waals surface area (Å²) in [5, 5.41) is 3.06. The Hall–Kier alpha value is -2.16. The lowest BCUT2D eigenvalue weighted by Crippen LogP contribution is -2.54. The van der Waals surface area contributed by atoms with E-state index in [4.69, 9.17) is 28.2 Å². The van der Waals surface area contributed by atoms with Crippen molar-refractivity contribution in [1.29, 1.82) is 0 Å². The summed E-state index contributed by atoms with van der Waals surface area (Å²) in [6, 6.07) is 8.26. The monoisotopic (exact) mass is 453 g/mol. The van der Waals surface area contributed by atoms with E-state index in [9.17, 15) is 9.59 Å². The molecule has 0 bridgehead atoms. The fourth-order valence-corrected chi connectivity index (χ4v) is 3.45. The average molecular weight is 455 g/mol. The van der Waals surface area contributed by atoms with Gasteiger partial charge in [0, 0.05) is 25.2 Å². The summed E-state index contributed by atoms with van der Waals surface area (Å²) in [5.74, 6) is -0.183. The molecule has 0 atom stereocenters. The summed E-state index contributed by atoms with van der Waals surface area (Å²) in [4.78, 5) is 28.2. The Morgan fingerprint density at radius 2 is 1.92 bits per heavy atom. The topological polar surface area (TPSA) is 65.8 Å². The van der Waals surface area contributed by atoms with E-state index in [1.807, 2.05) is 14.1 Å². The number of rotatable bonds is 3. The standard InChI is InChI=1S/C17H13BrClN3O3S/c1-21(2)16-13(18)8-11(25-16)7-12-14(23)20-17(26)22(15(12)24)10-5-3-9(19)4-6-10/h3-8H,1-2H3,(H,20,23,26). The Bertz CT molecular complexity index is 937. The third kappa shape index (κ3) is 3.53. The summed E-state index contributed by atoms with van der Waals surface area (Å²) in [6.45, 7) is 0. The molecule has 0 spiro atoms. The molecule has 1 fully saturated rings. The van der Waals surface area contributed by atoms with Crippen LogP contribution in [-0.2, 0) is 9.59 Å². The second-order valence-electron chi connectivity index (χ2n) is 5.63. The number of anilines is 2. The molecule has 134 valence electrons. The lowest BCUT2D eigenvalue weighted by atomic mass is 10.1. The molecule has 1 aliphatic rings. The Balaban J connectivity index is 2.00. The van der Waals surface area contributed by atoms with Gasteiger partial charge in [-0.25, -0.2) is 0 Å². The van der Waals surface area contributed by atoms with Gasteiger partial charge < -0.3 is 9.32 Å². The Labute approximate surface area is 168 Å². The van der Waals surface area contributed by atoms with Gasteiger partial charge in [0.2, 0.25) is 5.88 Å². The molecule has 0 unspecified atom stereocenters. The molecule has 1 aromatic carbocycles. The quantitative estimate of drug-likeness (QED) is 0.436. The predicted octanol–water partition coefficient (Wildman–Crippen LogP) is 3.59. The lowest BCUT2D eigenvalue weighted by molar-refractivity contribution is -0.122. The van der Waals surface area contributed by atoms with Crippen LogP contribution in [0.2, 0.25) is 5.02 Å². The SMILES string of the molecule is CN(C)c1oc(C=C2C(=O)NC(=S)N(c3ccc(Cl)cc3)C2=O)cc1Br. The van der Waals surface area contributed by atoms with Gasteiger partial charge in [0.25, 0.3) is 11.8 Å². The van der Waals surface area contributed by atoms with Crippen molar-refractivity contribution in [3.8, 4) is 0 Å². The first-order valence-electron chi connectivity index (χ1n) is 7.41. The van der Waals surface area contributed by atoms with Gasteiger partial charge >= 0.3 is 0 Å². The number of thiocarbonyl (C=S) groups is 1. The van der Waals surface area contributed by atoms with Crippen molar-refractivity contribution in [2.75, 3.05) is 23.9 Å². The molecule has 1 saturated heterocycles. The zero-order chi connectivity index (χ0) is 19.0. The molecule has 0 aliphatic carbocycles. The smallest absolute Gasteiger partial charge is 0.270 e. The van der Waals surface area contributed by atoms with Crippen LogP contribution >= 0.6 is 39.7 Å². The molecule has 6 nitrogen and oxygen atoms in total. The number of carbonyl (C=O) groups excluding carboxylic acids is 2. The maximum atomic E-state index is 12.9. The third-order valence-electron chi connectivity index (χ3n) is 3.57. The van der Waals surface area contributed by atoms with E-state index in [0.717, 1.165) is 0 Å². The van der Waals surface area contributed by atoms with Crippen LogP contribution < -0.4 is 15.1 Å². The minimum absolute atomic E-state index is 0.00841. The van der Waals surface area contributed by atoms with Crippen LogP contribution in [0.15, 0.2) is 44.8 Å². The molecular formula is C17H13BrClN3O3S. The number of nitrogens with zero attached hydrogens (tertiary/aromatic N) is 2. The van der Waals surface area contributed by atoms with Crippen molar-refractivity contribution >= 4 is 74.3 Å². The predicted molar refractivity (Wildman–Crippen MR) is 108 cm³/mol. The lowest BCUT2D eigenvalue weighted by Gasteiger charge is -2.28. The van der Waals surface area contributed by atoms with Crippen LogP contribution in [0.25, 0.3) is 6.08 Å². The number of benzene rings is 1. The highest BCUT2D eigenvalue weighted by Gasteiger charge is 2.34. The van der Waals surface area contributed by atoms with Crippen LogP contribution in [0, 0.1) is 0 Å². The number of carbonyl (C=O) groups is 2. The first-order chi connectivity index (χ1) is 12.3. The summed E-state index contributed by atoms with van der Waals surface area (Å²) in [5.41, 5.74) is 0.421. The highest BCUT2D eigenvalue weighted by atomic mass is 79.9. The van der Waals surface area contributed by atoms with Crippen molar-refractivity contribution in [1.82, 2.24) is 5.32 Å². The van der Waals surface area contributed by atoms with Crippen LogP contribution in [-0.4, -0.2) is 31.0 Å². The highest BCUT2D eigenvalue weighted by molar-refractivity contribution is 9.10. The molecule has 2 aromatic rings. The van der Waals surface area contributed by atoms with Gasteiger partial charge in [-0.1, -0.05) is 11.6 Å². The molecule has 3 rings (SSSR count). The van der Waals surface area contributed by atoms with Crippen LogP contribution in [0.5, 0.6) is 0 Å². The molecule has 1 N–H and O–H groups in total. The van der Waals surface area contributed by atoms with Crippen molar-refractivity contribution in [2.24, 2.45) is 0 Å². The molecule has 0 saturated carbocycles. The average Bonchev–Trinajstić information content (AvgIpc) is 2.94. The number of hydrogen-bond donors (Lipinski definition) is 1. The summed E-state index contributed by atoms with van der Waals surface area (Å²) in [6.07, 6.45) is 1.39. The van der Waals surface area contributed by atoms with E-state index in [-0.39, 0.29) is 10.7 Å². The summed E-state index contributed by atoms with van der Waals surface area (Å²) < 4.78 is 6.37. The fraction of sp³-hybridized carbons (Fsp3) is 0.118. The Morgan fingerprint density at radius 3 is 2.50 bits per heavy atom. The Kier molecular flexibility index (Phi) is 5.17. The normalized spacial score (nSPS) is 16.2. The van der Waals surface area contributed by atoms with Gasteiger partial charge in [-0.3, -0.25) is 19.8 Å². The maximum absolute atomic E-state index is 12.9. The number of halogens is 2. The molecule has 2 amide bonds. The minimum Gasteiger partial charge on any atom is -0.440 e. The number of amides is 2. The van der Waals surface area contributed by atoms with Gasteiger partial charge in [0.05, 0.1) is 10.2 Å². The van der Waals surface area contributed by atoms with Crippen molar-refractivity contribution in [3.05, 3.63) is 51.2 Å². The van der Waals surface area contributed by atoms with Gasteiger partial charge in [-0.05, 0) is 58.5 Å². The van der Waals surface area contributed by atoms with Crippen molar-refractivity contribution < 1.29 is 14.0 Å². The molecule has 1 aliphatic heterocycles. The zero-order valence-corrected chi connectivity index (χ0v) is 16.9. The number of furan rings is 1. The van der Waals surface area contributed by atoms with Crippen molar-refractivity contribution in [2.45, 2.75) is 0 Å². The molecule has 0 radical (unpaired) electrons. The van der Waals surface area contributed by atoms with Gasteiger partial charge in [-0.15, -0.1) is 0 Å². The Morgan fingerprint density at radius 1 is 1.27 bits per heavy atom. The van der Waals surface area contributed by atoms with Crippen LogP contribution in [0.3, 0.4) is 0 Å². The van der Waals surface area contributed by atoms with Crippen LogP contribution in [0.1, 0.15) is 5.76 Å².